The van der Waals surface area contributed by atoms with Crippen molar-refractivity contribution in [3.05, 3.63) is 101 Å². The first-order valence-electron chi connectivity index (χ1n) is 8.54. The molecule has 1 amide bonds. The number of amides is 1. The number of pyridine rings is 1. The van der Waals surface area contributed by atoms with E-state index in [1.54, 1.807) is 12.4 Å². The maximum atomic E-state index is 12.4. The summed E-state index contributed by atoms with van der Waals surface area (Å²) in [5.41, 5.74) is 4.11. The van der Waals surface area contributed by atoms with E-state index in [-0.39, 0.29) is 11.8 Å². The number of aryl methyl sites for hydroxylation is 1. The Morgan fingerprint density at radius 1 is 0.960 bits per heavy atom. The molecule has 0 bridgehead atoms. The number of carbonyl (C=O) groups is 1. The van der Waals surface area contributed by atoms with Gasteiger partial charge in [-0.05, 0) is 36.1 Å². The Morgan fingerprint density at radius 3 is 2.12 bits per heavy atom. The van der Waals surface area contributed by atoms with E-state index in [0.29, 0.717) is 12.1 Å². The first-order chi connectivity index (χ1) is 12.3. The van der Waals surface area contributed by atoms with Gasteiger partial charge in [0, 0.05) is 24.9 Å². The van der Waals surface area contributed by atoms with Gasteiger partial charge in [-0.1, -0.05) is 60.7 Å². The SMILES string of the molecule is Cc1ccncc1C(=O)NCCC(c1ccccc1)c1ccccc1. The number of hydrogen-bond donors (Lipinski definition) is 1. The Bertz CT molecular complexity index is 776. The van der Waals surface area contributed by atoms with Crippen molar-refractivity contribution >= 4 is 5.91 Å². The second kappa shape index (κ2) is 8.25. The van der Waals surface area contributed by atoms with Gasteiger partial charge in [-0.2, -0.15) is 0 Å². The van der Waals surface area contributed by atoms with Gasteiger partial charge in [0.2, 0.25) is 0 Å². The normalized spacial score (nSPS) is 10.6. The van der Waals surface area contributed by atoms with Crippen LogP contribution in [0.3, 0.4) is 0 Å². The highest BCUT2D eigenvalue weighted by molar-refractivity contribution is 5.95. The summed E-state index contributed by atoms with van der Waals surface area (Å²) >= 11 is 0. The highest BCUT2D eigenvalue weighted by Crippen LogP contribution is 2.27. The molecule has 3 nitrogen and oxygen atoms in total. The summed E-state index contributed by atoms with van der Waals surface area (Å²) in [6.45, 7) is 2.54. The number of carbonyl (C=O) groups excluding carboxylic acids is 1. The quantitative estimate of drug-likeness (QED) is 0.730. The molecule has 2 aromatic carbocycles. The summed E-state index contributed by atoms with van der Waals surface area (Å²) in [7, 11) is 0. The Morgan fingerprint density at radius 2 is 1.56 bits per heavy atom. The molecule has 0 saturated carbocycles. The van der Waals surface area contributed by atoms with Crippen molar-refractivity contribution in [1.29, 1.82) is 0 Å². The zero-order chi connectivity index (χ0) is 17.5. The van der Waals surface area contributed by atoms with Gasteiger partial charge in [0.15, 0.2) is 0 Å². The van der Waals surface area contributed by atoms with Gasteiger partial charge < -0.3 is 5.32 Å². The van der Waals surface area contributed by atoms with E-state index < -0.39 is 0 Å². The van der Waals surface area contributed by atoms with Gasteiger partial charge in [0.05, 0.1) is 5.56 Å². The van der Waals surface area contributed by atoms with Crippen LogP contribution in [0.15, 0.2) is 79.1 Å². The summed E-state index contributed by atoms with van der Waals surface area (Å²) < 4.78 is 0. The maximum Gasteiger partial charge on any atom is 0.253 e. The fourth-order valence-corrected chi connectivity index (χ4v) is 3.02. The summed E-state index contributed by atoms with van der Waals surface area (Å²) in [6, 6.07) is 22.7. The molecule has 0 atom stereocenters. The number of hydrogen-bond acceptors (Lipinski definition) is 2. The molecule has 0 spiro atoms. The molecule has 126 valence electrons. The van der Waals surface area contributed by atoms with Gasteiger partial charge in [-0.3, -0.25) is 9.78 Å². The van der Waals surface area contributed by atoms with Crippen LogP contribution in [0.4, 0.5) is 0 Å². The predicted octanol–water partition coefficient (Wildman–Crippen LogP) is 4.34. The van der Waals surface area contributed by atoms with Crippen LogP contribution >= 0.6 is 0 Å². The second-order valence-corrected chi connectivity index (χ2v) is 6.11. The number of rotatable bonds is 6. The standard InChI is InChI=1S/C22H22N2O/c1-17-12-14-23-16-21(17)22(25)24-15-13-20(18-8-4-2-5-9-18)19-10-6-3-7-11-19/h2-12,14,16,20H,13,15H2,1H3,(H,24,25). The maximum absolute atomic E-state index is 12.4. The molecule has 3 rings (SSSR count). The van der Waals surface area contributed by atoms with Crippen molar-refractivity contribution in [2.45, 2.75) is 19.3 Å². The number of benzene rings is 2. The van der Waals surface area contributed by atoms with Crippen molar-refractivity contribution in [2.24, 2.45) is 0 Å². The largest absolute Gasteiger partial charge is 0.352 e. The minimum atomic E-state index is -0.0644. The van der Waals surface area contributed by atoms with Crippen molar-refractivity contribution < 1.29 is 4.79 Å². The third kappa shape index (κ3) is 4.32. The molecule has 0 aliphatic carbocycles. The van der Waals surface area contributed by atoms with E-state index in [1.165, 1.54) is 11.1 Å². The van der Waals surface area contributed by atoms with Crippen LogP contribution in [0.25, 0.3) is 0 Å². The van der Waals surface area contributed by atoms with E-state index in [9.17, 15) is 4.79 Å². The lowest BCUT2D eigenvalue weighted by Gasteiger charge is -2.18. The van der Waals surface area contributed by atoms with Crippen LogP contribution in [-0.2, 0) is 0 Å². The third-order valence-corrected chi connectivity index (χ3v) is 4.41. The fraction of sp³-hybridized carbons (Fsp3) is 0.182. The van der Waals surface area contributed by atoms with Gasteiger partial charge in [0.1, 0.15) is 0 Å². The summed E-state index contributed by atoms with van der Waals surface area (Å²) in [6.07, 6.45) is 4.17. The van der Waals surface area contributed by atoms with Crippen LogP contribution < -0.4 is 5.32 Å². The average molecular weight is 330 g/mol. The van der Waals surface area contributed by atoms with Gasteiger partial charge in [-0.25, -0.2) is 0 Å². The fourth-order valence-electron chi connectivity index (χ4n) is 3.02. The van der Waals surface area contributed by atoms with Gasteiger partial charge in [-0.15, -0.1) is 0 Å². The predicted molar refractivity (Wildman–Crippen MR) is 101 cm³/mol. The highest BCUT2D eigenvalue weighted by Gasteiger charge is 2.15. The molecule has 0 unspecified atom stereocenters. The lowest BCUT2D eigenvalue weighted by Crippen LogP contribution is -2.26. The van der Waals surface area contributed by atoms with Crippen molar-refractivity contribution in [2.75, 3.05) is 6.54 Å². The van der Waals surface area contributed by atoms with Gasteiger partial charge in [0.25, 0.3) is 5.91 Å². The minimum Gasteiger partial charge on any atom is -0.352 e. The molecule has 1 aromatic heterocycles. The van der Waals surface area contributed by atoms with Crippen LogP contribution in [0, 0.1) is 6.92 Å². The van der Waals surface area contributed by atoms with E-state index in [4.69, 9.17) is 0 Å². The monoisotopic (exact) mass is 330 g/mol. The lowest BCUT2D eigenvalue weighted by molar-refractivity contribution is 0.0952. The first-order valence-corrected chi connectivity index (χ1v) is 8.54. The van der Waals surface area contributed by atoms with Crippen LogP contribution in [0.2, 0.25) is 0 Å². The molecule has 1 heterocycles. The van der Waals surface area contributed by atoms with E-state index in [2.05, 4.69) is 58.8 Å². The number of nitrogens with zero attached hydrogens (tertiary/aromatic N) is 1. The summed E-state index contributed by atoms with van der Waals surface area (Å²) in [5.74, 6) is 0.197. The minimum absolute atomic E-state index is 0.0644. The Balaban J connectivity index is 1.70. The Kier molecular flexibility index (Phi) is 5.57. The van der Waals surface area contributed by atoms with Crippen LogP contribution in [0.5, 0.6) is 0 Å². The second-order valence-electron chi connectivity index (χ2n) is 6.11. The zero-order valence-corrected chi connectivity index (χ0v) is 14.4. The van der Waals surface area contributed by atoms with Gasteiger partial charge >= 0.3 is 0 Å². The number of nitrogens with one attached hydrogen (secondary N) is 1. The highest BCUT2D eigenvalue weighted by atomic mass is 16.1. The first kappa shape index (κ1) is 16.9. The molecule has 0 aliphatic rings. The lowest BCUT2D eigenvalue weighted by atomic mass is 9.88. The third-order valence-electron chi connectivity index (χ3n) is 4.41. The average Bonchev–Trinajstić information content (AvgIpc) is 2.67. The molecule has 0 aliphatic heterocycles. The topological polar surface area (TPSA) is 42.0 Å². The van der Waals surface area contributed by atoms with E-state index in [0.717, 1.165) is 12.0 Å². The smallest absolute Gasteiger partial charge is 0.253 e. The Hall–Kier alpha value is -2.94. The van der Waals surface area contributed by atoms with Crippen molar-refractivity contribution in [1.82, 2.24) is 10.3 Å². The molecule has 1 N–H and O–H groups in total. The van der Waals surface area contributed by atoms with Crippen molar-refractivity contribution in [3.8, 4) is 0 Å². The molecule has 0 saturated heterocycles. The number of aromatic nitrogens is 1. The van der Waals surface area contributed by atoms with E-state index >= 15 is 0 Å². The van der Waals surface area contributed by atoms with Crippen molar-refractivity contribution in [3.63, 3.8) is 0 Å². The molecule has 3 aromatic rings. The van der Waals surface area contributed by atoms with Crippen LogP contribution in [0.1, 0.15) is 39.4 Å². The molecule has 3 heteroatoms. The molecule has 0 radical (unpaired) electrons. The van der Waals surface area contributed by atoms with Crippen LogP contribution in [-0.4, -0.2) is 17.4 Å². The summed E-state index contributed by atoms with van der Waals surface area (Å²) in [5, 5.41) is 3.03. The zero-order valence-electron chi connectivity index (χ0n) is 14.4. The molecule has 25 heavy (non-hydrogen) atoms. The molecular weight excluding hydrogens is 308 g/mol. The Labute approximate surface area is 148 Å². The summed E-state index contributed by atoms with van der Waals surface area (Å²) in [4.78, 5) is 16.4. The van der Waals surface area contributed by atoms with E-state index in [1.807, 2.05) is 25.1 Å². The molecule has 0 fully saturated rings. The molecular formula is C22H22N2O.